The van der Waals surface area contributed by atoms with Crippen molar-refractivity contribution in [1.29, 1.82) is 0 Å². The van der Waals surface area contributed by atoms with Gasteiger partial charge < -0.3 is 14.2 Å². The molecule has 6 heteroatoms. The SMILES string of the molecule is Cc1cc(C2=N/C(=C\c3ccc(OCc4ccccc4)cc3OCc3ccccc3)C(=O)O2)ccc1Br. The number of nitrogens with zero attached hydrogens (tertiary/aromatic N) is 1. The smallest absolute Gasteiger partial charge is 0.363 e. The number of rotatable bonds is 8. The molecule has 4 aromatic rings. The van der Waals surface area contributed by atoms with Gasteiger partial charge in [0.05, 0.1) is 0 Å². The van der Waals surface area contributed by atoms with Crippen LogP contribution in [0.5, 0.6) is 11.5 Å². The first kappa shape index (κ1) is 24.5. The zero-order valence-electron chi connectivity index (χ0n) is 20.2. The third kappa shape index (κ3) is 6.16. The Morgan fingerprint density at radius 2 is 1.51 bits per heavy atom. The van der Waals surface area contributed by atoms with Crippen LogP contribution in [-0.2, 0) is 22.7 Å². The number of esters is 1. The van der Waals surface area contributed by atoms with Crippen LogP contribution in [0.2, 0.25) is 0 Å². The molecule has 1 aliphatic rings. The molecule has 0 spiro atoms. The van der Waals surface area contributed by atoms with Gasteiger partial charge in [-0.3, -0.25) is 0 Å². The molecule has 5 nitrogen and oxygen atoms in total. The van der Waals surface area contributed by atoms with E-state index in [0.29, 0.717) is 30.3 Å². The van der Waals surface area contributed by atoms with Gasteiger partial charge in [-0.2, -0.15) is 0 Å². The predicted molar refractivity (Wildman–Crippen MR) is 147 cm³/mol. The quantitative estimate of drug-likeness (QED) is 0.170. The number of ether oxygens (including phenoxy) is 3. The summed E-state index contributed by atoms with van der Waals surface area (Å²) in [7, 11) is 0. The summed E-state index contributed by atoms with van der Waals surface area (Å²) in [6, 6.07) is 31.1. The van der Waals surface area contributed by atoms with Crippen LogP contribution in [-0.4, -0.2) is 11.9 Å². The summed E-state index contributed by atoms with van der Waals surface area (Å²) >= 11 is 3.49. The van der Waals surface area contributed by atoms with Crippen molar-refractivity contribution in [3.63, 3.8) is 0 Å². The fraction of sp³-hybridized carbons (Fsp3) is 0.0968. The molecule has 5 rings (SSSR count). The molecule has 0 N–H and O–H groups in total. The van der Waals surface area contributed by atoms with E-state index in [4.69, 9.17) is 14.2 Å². The average Bonchev–Trinajstić information content (AvgIpc) is 3.29. The Morgan fingerprint density at radius 1 is 0.838 bits per heavy atom. The maximum Gasteiger partial charge on any atom is 0.363 e. The van der Waals surface area contributed by atoms with Gasteiger partial charge >= 0.3 is 5.97 Å². The lowest BCUT2D eigenvalue weighted by Gasteiger charge is -2.13. The number of aryl methyl sites for hydroxylation is 1. The number of hydrogen-bond acceptors (Lipinski definition) is 5. The lowest BCUT2D eigenvalue weighted by Crippen LogP contribution is -2.05. The van der Waals surface area contributed by atoms with Crippen molar-refractivity contribution in [2.24, 2.45) is 4.99 Å². The monoisotopic (exact) mass is 553 g/mol. The number of benzene rings is 4. The average molecular weight is 554 g/mol. The lowest BCUT2D eigenvalue weighted by molar-refractivity contribution is -0.129. The summed E-state index contributed by atoms with van der Waals surface area (Å²) in [5.74, 6) is 1.02. The molecule has 0 saturated heterocycles. The highest BCUT2D eigenvalue weighted by molar-refractivity contribution is 9.10. The van der Waals surface area contributed by atoms with Gasteiger partial charge in [0, 0.05) is 21.7 Å². The number of cyclic esters (lactones) is 1. The molecule has 0 radical (unpaired) electrons. The van der Waals surface area contributed by atoms with Crippen molar-refractivity contribution >= 4 is 33.9 Å². The van der Waals surface area contributed by atoms with Gasteiger partial charge in [0.1, 0.15) is 24.7 Å². The van der Waals surface area contributed by atoms with E-state index in [9.17, 15) is 4.79 Å². The van der Waals surface area contributed by atoms with Crippen molar-refractivity contribution in [1.82, 2.24) is 0 Å². The van der Waals surface area contributed by atoms with E-state index in [1.165, 1.54) is 0 Å². The number of carbonyl (C=O) groups is 1. The van der Waals surface area contributed by atoms with Gasteiger partial charge in [-0.1, -0.05) is 76.6 Å². The Kier molecular flexibility index (Phi) is 7.47. The second-order valence-corrected chi connectivity index (χ2v) is 9.40. The zero-order chi connectivity index (χ0) is 25.6. The van der Waals surface area contributed by atoms with Crippen molar-refractivity contribution in [2.45, 2.75) is 20.1 Å². The Bertz CT molecular complexity index is 1480. The van der Waals surface area contributed by atoms with Gasteiger partial charge in [0.15, 0.2) is 5.70 Å². The van der Waals surface area contributed by atoms with Gasteiger partial charge in [0.25, 0.3) is 0 Å². The molecule has 0 unspecified atom stereocenters. The second kappa shape index (κ2) is 11.3. The second-order valence-electron chi connectivity index (χ2n) is 8.55. The minimum atomic E-state index is -0.506. The molecule has 0 atom stereocenters. The summed E-state index contributed by atoms with van der Waals surface area (Å²) in [6.45, 7) is 2.78. The number of carbonyl (C=O) groups excluding carboxylic acids is 1. The molecule has 1 aliphatic heterocycles. The Hall–Kier alpha value is -4.16. The largest absolute Gasteiger partial charge is 0.489 e. The van der Waals surface area contributed by atoms with E-state index in [1.54, 1.807) is 6.08 Å². The molecule has 0 aromatic heterocycles. The number of hydrogen-bond donors (Lipinski definition) is 0. The Labute approximate surface area is 224 Å². The van der Waals surface area contributed by atoms with Crippen LogP contribution in [0.4, 0.5) is 0 Å². The molecule has 0 bridgehead atoms. The van der Waals surface area contributed by atoms with Crippen LogP contribution in [0.15, 0.2) is 112 Å². The highest BCUT2D eigenvalue weighted by Gasteiger charge is 2.25. The summed E-state index contributed by atoms with van der Waals surface area (Å²) in [4.78, 5) is 17.1. The van der Waals surface area contributed by atoms with Crippen LogP contribution in [0.3, 0.4) is 0 Å². The first-order valence-electron chi connectivity index (χ1n) is 11.8. The van der Waals surface area contributed by atoms with Crippen molar-refractivity contribution < 1.29 is 19.0 Å². The van der Waals surface area contributed by atoms with E-state index in [1.807, 2.05) is 104 Å². The number of aliphatic imine (C=N–C) groups is 1. The normalized spacial score (nSPS) is 13.8. The maximum atomic E-state index is 12.7. The van der Waals surface area contributed by atoms with Crippen LogP contribution in [0.25, 0.3) is 6.08 Å². The maximum absolute atomic E-state index is 12.7. The standard InChI is InChI=1S/C31H24BrNO4/c1-21-16-25(13-15-27(21)32)30-33-28(31(34)37-30)17-24-12-14-26(35-19-22-8-4-2-5-9-22)18-29(24)36-20-23-10-6-3-7-11-23/h2-18H,19-20H2,1H3/b28-17-. The first-order valence-corrected chi connectivity index (χ1v) is 12.6. The molecule has 4 aromatic carbocycles. The molecule has 0 aliphatic carbocycles. The third-order valence-corrected chi connectivity index (χ3v) is 6.68. The molecule has 1 heterocycles. The molecule has 0 fully saturated rings. The fourth-order valence-electron chi connectivity index (χ4n) is 3.78. The molecule has 37 heavy (non-hydrogen) atoms. The van der Waals surface area contributed by atoms with E-state index >= 15 is 0 Å². The van der Waals surface area contributed by atoms with Gasteiger partial charge in [-0.15, -0.1) is 0 Å². The van der Waals surface area contributed by atoms with Crippen LogP contribution >= 0.6 is 15.9 Å². The molecular formula is C31H24BrNO4. The van der Waals surface area contributed by atoms with E-state index < -0.39 is 5.97 Å². The van der Waals surface area contributed by atoms with E-state index in [2.05, 4.69) is 20.9 Å². The summed E-state index contributed by atoms with van der Waals surface area (Å²) < 4.78 is 18.6. The summed E-state index contributed by atoms with van der Waals surface area (Å²) in [6.07, 6.45) is 1.68. The van der Waals surface area contributed by atoms with Gasteiger partial charge in [0.2, 0.25) is 5.90 Å². The fourth-order valence-corrected chi connectivity index (χ4v) is 4.03. The van der Waals surface area contributed by atoms with E-state index in [-0.39, 0.29) is 11.6 Å². The van der Waals surface area contributed by atoms with Crippen LogP contribution < -0.4 is 9.47 Å². The molecule has 184 valence electrons. The van der Waals surface area contributed by atoms with E-state index in [0.717, 1.165) is 26.7 Å². The zero-order valence-corrected chi connectivity index (χ0v) is 21.8. The van der Waals surface area contributed by atoms with Crippen molar-refractivity contribution in [3.05, 3.63) is 135 Å². The Morgan fingerprint density at radius 3 is 2.19 bits per heavy atom. The summed E-state index contributed by atoms with van der Waals surface area (Å²) in [5.41, 5.74) is 4.77. The van der Waals surface area contributed by atoms with Gasteiger partial charge in [-0.05, 0) is 60.0 Å². The van der Waals surface area contributed by atoms with Crippen LogP contribution in [0, 0.1) is 6.92 Å². The Balaban J connectivity index is 1.42. The molecule has 0 saturated carbocycles. The predicted octanol–water partition coefficient (Wildman–Crippen LogP) is 7.26. The highest BCUT2D eigenvalue weighted by Crippen LogP contribution is 2.30. The summed E-state index contributed by atoms with van der Waals surface area (Å²) in [5, 5.41) is 0. The topological polar surface area (TPSA) is 57.1 Å². The first-order chi connectivity index (χ1) is 18.0. The number of halogens is 1. The molecular weight excluding hydrogens is 530 g/mol. The van der Waals surface area contributed by atoms with Crippen molar-refractivity contribution in [3.8, 4) is 11.5 Å². The molecule has 0 amide bonds. The minimum absolute atomic E-state index is 0.207. The third-order valence-electron chi connectivity index (χ3n) is 5.79. The van der Waals surface area contributed by atoms with Gasteiger partial charge in [-0.25, -0.2) is 9.79 Å². The minimum Gasteiger partial charge on any atom is -0.489 e. The lowest BCUT2D eigenvalue weighted by atomic mass is 10.1. The highest BCUT2D eigenvalue weighted by atomic mass is 79.9. The van der Waals surface area contributed by atoms with Crippen LogP contribution in [0.1, 0.15) is 27.8 Å². The van der Waals surface area contributed by atoms with Crippen molar-refractivity contribution in [2.75, 3.05) is 0 Å².